The summed E-state index contributed by atoms with van der Waals surface area (Å²) in [6, 6.07) is 21.2. The van der Waals surface area contributed by atoms with Gasteiger partial charge in [-0.05, 0) is 73.1 Å². The van der Waals surface area contributed by atoms with Crippen LogP contribution in [0.2, 0.25) is 0 Å². The number of hydrogen-bond acceptors (Lipinski definition) is 8. The predicted octanol–water partition coefficient (Wildman–Crippen LogP) is 3.97. The van der Waals surface area contributed by atoms with E-state index in [0.29, 0.717) is 18.5 Å². The van der Waals surface area contributed by atoms with E-state index in [2.05, 4.69) is 20.7 Å². The second-order valence-electron chi connectivity index (χ2n) is 12.5. The second-order valence-corrected chi connectivity index (χ2v) is 12.5. The fraction of sp³-hybridized carbons (Fsp3) is 0.361. The Labute approximate surface area is 279 Å². The van der Waals surface area contributed by atoms with Crippen molar-refractivity contribution in [2.24, 2.45) is 11.1 Å². The van der Waals surface area contributed by atoms with Gasteiger partial charge in [-0.3, -0.25) is 19.2 Å². The largest absolute Gasteiger partial charge is 0.481 e. The average molecular weight is 659 g/mol. The molecule has 6 N–H and O–H groups in total. The average Bonchev–Trinajstić information content (AvgIpc) is 3.38. The van der Waals surface area contributed by atoms with Crippen molar-refractivity contribution in [1.82, 2.24) is 10.6 Å². The third kappa shape index (κ3) is 9.41. The standard InChI is InChI=1S/C36H42N4O8/c1-36(2,34(44)45)19-23(37)18-22-12-14-24(15-13-22)39-31(41)20-38-33(43)30(16-17-32(42)47-3)40-35(46)48-21-29-27-10-6-4-8-25(27)26-9-5-7-11-28(26)29/h4-15,23,29-30H,16-21,37H2,1-3H3,(H,38,43)(H,39,41)(H,40,46)(H,44,45)/t23-,30?/m0/s1. The van der Waals surface area contributed by atoms with Crippen LogP contribution in [0.1, 0.15) is 55.7 Å². The van der Waals surface area contributed by atoms with Crippen molar-refractivity contribution in [3.63, 3.8) is 0 Å². The Kier molecular flexibility index (Phi) is 11.9. The minimum Gasteiger partial charge on any atom is -0.481 e. The minimum atomic E-state index is -1.16. The summed E-state index contributed by atoms with van der Waals surface area (Å²) in [6.45, 7) is 2.91. The van der Waals surface area contributed by atoms with E-state index >= 15 is 0 Å². The van der Waals surface area contributed by atoms with E-state index in [9.17, 15) is 29.1 Å². The number of fused-ring (bicyclic) bond motifs is 3. The monoisotopic (exact) mass is 658 g/mol. The molecular weight excluding hydrogens is 616 g/mol. The molecule has 0 bridgehead atoms. The summed E-state index contributed by atoms with van der Waals surface area (Å²) in [5, 5.41) is 17.1. The Morgan fingerprint density at radius 1 is 0.917 bits per heavy atom. The molecule has 3 aromatic carbocycles. The van der Waals surface area contributed by atoms with Crippen molar-refractivity contribution in [3.05, 3.63) is 89.5 Å². The van der Waals surface area contributed by atoms with E-state index in [1.807, 2.05) is 48.5 Å². The number of amides is 3. The van der Waals surface area contributed by atoms with Crippen LogP contribution in [-0.4, -0.2) is 67.3 Å². The van der Waals surface area contributed by atoms with Crippen LogP contribution in [0.25, 0.3) is 11.1 Å². The smallest absolute Gasteiger partial charge is 0.407 e. The normalized spacial score (nSPS) is 13.3. The SMILES string of the molecule is COC(=O)CCC(NC(=O)OCC1c2ccccc2-c2ccccc21)C(=O)NCC(=O)Nc1ccc(C[C@H](N)CC(C)(C)C(=O)O)cc1. The molecule has 254 valence electrons. The van der Waals surface area contributed by atoms with Crippen LogP contribution in [0, 0.1) is 5.41 Å². The van der Waals surface area contributed by atoms with Crippen LogP contribution in [0.5, 0.6) is 0 Å². The van der Waals surface area contributed by atoms with Gasteiger partial charge in [0.05, 0.1) is 19.1 Å². The first-order valence-electron chi connectivity index (χ1n) is 15.7. The Hall–Kier alpha value is -5.23. The highest BCUT2D eigenvalue weighted by molar-refractivity contribution is 5.96. The quantitative estimate of drug-likeness (QED) is 0.151. The third-order valence-electron chi connectivity index (χ3n) is 8.33. The highest BCUT2D eigenvalue weighted by atomic mass is 16.5. The van der Waals surface area contributed by atoms with Crippen molar-refractivity contribution in [1.29, 1.82) is 0 Å². The number of esters is 1. The van der Waals surface area contributed by atoms with Crippen molar-refractivity contribution >= 4 is 35.5 Å². The zero-order valence-corrected chi connectivity index (χ0v) is 27.3. The fourth-order valence-electron chi connectivity index (χ4n) is 5.75. The second kappa shape index (κ2) is 16.1. The molecule has 1 unspecified atom stereocenters. The summed E-state index contributed by atoms with van der Waals surface area (Å²) in [7, 11) is 1.22. The van der Waals surface area contributed by atoms with E-state index in [1.54, 1.807) is 38.1 Å². The van der Waals surface area contributed by atoms with Gasteiger partial charge in [0, 0.05) is 24.1 Å². The molecule has 0 aliphatic heterocycles. The van der Waals surface area contributed by atoms with E-state index in [1.165, 1.54) is 7.11 Å². The summed E-state index contributed by atoms with van der Waals surface area (Å²) < 4.78 is 10.2. The van der Waals surface area contributed by atoms with E-state index in [-0.39, 0.29) is 31.4 Å². The summed E-state index contributed by atoms with van der Waals surface area (Å²) in [4.78, 5) is 61.7. The van der Waals surface area contributed by atoms with Crippen LogP contribution < -0.4 is 21.7 Å². The number of nitrogens with two attached hydrogens (primary N) is 1. The van der Waals surface area contributed by atoms with Gasteiger partial charge >= 0.3 is 18.0 Å². The molecule has 0 heterocycles. The Balaban J connectivity index is 1.29. The number of carbonyl (C=O) groups is 5. The maximum Gasteiger partial charge on any atom is 0.407 e. The lowest BCUT2D eigenvalue weighted by Crippen LogP contribution is -2.48. The Bertz CT molecular complexity index is 1590. The summed E-state index contributed by atoms with van der Waals surface area (Å²) >= 11 is 0. The van der Waals surface area contributed by atoms with Crippen LogP contribution in [0.15, 0.2) is 72.8 Å². The zero-order valence-electron chi connectivity index (χ0n) is 27.3. The number of ether oxygens (including phenoxy) is 2. The number of anilines is 1. The number of benzene rings is 3. The topological polar surface area (TPSA) is 186 Å². The molecule has 0 saturated carbocycles. The summed E-state index contributed by atoms with van der Waals surface area (Å²) in [5.74, 6) is -2.83. The van der Waals surface area contributed by atoms with Gasteiger partial charge in [-0.25, -0.2) is 4.79 Å². The lowest BCUT2D eigenvalue weighted by atomic mass is 9.84. The number of rotatable bonds is 15. The van der Waals surface area contributed by atoms with Crippen LogP contribution >= 0.6 is 0 Å². The van der Waals surface area contributed by atoms with E-state index in [4.69, 9.17) is 10.5 Å². The van der Waals surface area contributed by atoms with Gasteiger partial charge in [-0.1, -0.05) is 60.7 Å². The number of carbonyl (C=O) groups excluding carboxylic acids is 4. The number of hydrogen-bond donors (Lipinski definition) is 5. The molecule has 0 aromatic heterocycles. The van der Waals surface area contributed by atoms with Crippen molar-refractivity contribution in [2.45, 2.75) is 57.5 Å². The maximum absolute atomic E-state index is 13.1. The molecule has 3 aromatic rings. The number of methoxy groups -OCH3 is 1. The van der Waals surface area contributed by atoms with Gasteiger partial charge < -0.3 is 36.3 Å². The highest BCUT2D eigenvalue weighted by Gasteiger charge is 2.31. The molecule has 2 atom stereocenters. The first-order valence-corrected chi connectivity index (χ1v) is 15.7. The van der Waals surface area contributed by atoms with Crippen molar-refractivity contribution in [2.75, 3.05) is 25.6 Å². The molecular formula is C36H42N4O8. The van der Waals surface area contributed by atoms with Gasteiger partial charge in [-0.15, -0.1) is 0 Å². The van der Waals surface area contributed by atoms with E-state index < -0.39 is 47.8 Å². The Morgan fingerprint density at radius 2 is 1.52 bits per heavy atom. The number of aliphatic carboxylic acids is 1. The number of nitrogens with one attached hydrogen (secondary N) is 3. The highest BCUT2D eigenvalue weighted by Crippen LogP contribution is 2.44. The van der Waals surface area contributed by atoms with Crippen LogP contribution in [-0.2, 0) is 35.1 Å². The molecule has 1 aliphatic rings. The van der Waals surface area contributed by atoms with Crippen molar-refractivity contribution in [3.8, 4) is 11.1 Å². The molecule has 0 saturated heterocycles. The molecule has 12 nitrogen and oxygen atoms in total. The molecule has 0 radical (unpaired) electrons. The summed E-state index contributed by atoms with van der Waals surface area (Å²) in [5.41, 5.74) is 10.8. The van der Waals surface area contributed by atoms with Gasteiger partial charge in [0.2, 0.25) is 11.8 Å². The molecule has 0 spiro atoms. The van der Waals surface area contributed by atoms with Crippen LogP contribution in [0.3, 0.4) is 0 Å². The molecule has 4 rings (SSSR count). The first kappa shape index (κ1) is 35.6. The zero-order chi connectivity index (χ0) is 34.8. The predicted molar refractivity (Wildman–Crippen MR) is 179 cm³/mol. The molecule has 12 heteroatoms. The van der Waals surface area contributed by atoms with E-state index in [0.717, 1.165) is 27.8 Å². The number of carboxylic acid groups (broad SMARTS) is 1. The van der Waals surface area contributed by atoms with Gasteiger partial charge in [0.25, 0.3) is 0 Å². The molecule has 1 aliphatic carbocycles. The Morgan fingerprint density at radius 3 is 2.10 bits per heavy atom. The lowest BCUT2D eigenvalue weighted by molar-refractivity contribution is -0.147. The van der Waals surface area contributed by atoms with Gasteiger partial charge in [0.1, 0.15) is 12.6 Å². The first-order chi connectivity index (χ1) is 22.9. The van der Waals surface area contributed by atoms with Crippen molar-refractivity contribution < 1.29 is 38.6 Å². The van der Waals surface area contributed by atoms with Gasteiger partial charge in [0.15, 0.2) is 0 Å². The summed E-state index contributed by atoms with van der Waals surface area (Å²) in [6.07, 6.45) is -0.286. The number of alkyl carbamates (subject to hydrolysis) is 1. The lowest BCUT2D eigenvalue weighted by Gasteiger charge is -2.23. The molecule has 0 fully saturated rings. The fourth-order valence-corrected chi connectivity index (χ4v) is 5.75. The minimum absolute atomic E-state index is 0.0403. The van der Waals surface area contributed by atoms with Crippen LogP contribution in [0.4, 0.5) is 10.5 Å². The third-order valence-corrected chi connectivity index (χ3v) is 8.33. The molecule has 3 amide bonds. The number of carboxylic acids is 1. The maximum atomic E-state index is 13.1. The van der Waals surface area contributed by atoms with Gasteiger partial charge in [-0.2, -0.15) is 0 Å². The molecule has 48 heavy (non-hydrogen) atoms.